The van der Waals surface area contributed by atoms with Crippen molar-refractivity contribution in [2.24, 2.45) is 0 Å². The van der Waals surface area contributed by atoms with E-state index in [4.69, 9.17) is 9.47 Å². The summed E-state index contributed by atoms with van der Waals surface area (Å²) in [6.07, 6.45) is 0.135. The highest BCUT2D eigenvalue weighted by atomic mass is 79.9. The number of hydrogen-bond donors (Lipinski definition) is 1. The second-order valence-electron chi connectivity index (χ2n) is 5.14. The lowest BCUT2D eigenvalue weighted by Crippen LogP contribution is -2.07. The minimum atomic E-state index is 0.135. The Morgan fingerprint density at radius 2 is 1.64 bits per heavy atom. The zero-order valence-electron chi connectivity index (χ0n) is 12.8. The summed E-state index contributed by atoms with van der Waals surface area (Å²) in [5.74, 6) is 1.69. The Morgan fingerprint density at radius 1 is 1.05 bits per heavy atom. The third-order valence-electron chi connectivity index (χ3n) is 3.00. The van der Waals surface area contributed by atoms with Gasteiger partial charge in [-0.25, -0.2) is 0 Å². The standard InChI is InChI=1S/C17H19Br2NO2/c1-11(2)22-17-15(18)8-12(9-16(17)19)10-20-13-4-6-14(21-3)7-5-13/h4-9,11,20H,10H2,1-3H3. The van der Waals surface area contributed by atoms with Gasteiger partial charge in [0.1, 0.15) is 11.5 Å². The lowest BCUT2D eigenvalue weighted by atomic mass is 10.2. The first kappa shape index (κ1) is 17.2. The second-order valence-corrected chi connectivity index (χ2v) is 6.85. The highest BCUT2D eigenvalue weighted by Crippen LogP contribution is 2.35. The molecule has 0 amide bonds. The van der Waals surface area contributed by atoms with Crippen molar-refractivity contribution in [2.45, 2.75) is 26.5 Å². The van der Waals surface area contributed by atoms with E-state index < -0.39 is 0 Å². The molecule has 2 aromatic rings. The van der Waals surface area contributed by atoms with E-state index in [2.05, 4.69) is 49.3 Å². The Bertz CT molecular complexity index is 604. The Labute approximate surface area is 148 Å². The van der Waals surface area contributed by atoms with Crippen molar-refractivity contribution >= 4 is 37.5 Å². The average Bonchev–Trinajstić information content (AvgIpc) is 2.49. The Hall–Kier alpha value is -1.20. The lowest BCUT2D eigenvalue weighted by molar-refractivity contribution is 0.239. The smallest absolute Gasteiger partial charge is 0.148 e. The third kappa shape index (κ3) is 4.65. The van der Waals surface area contributed by atoms with Crippen LogP contribution in [0.25, 0.3) is 0 Å². The minimum Gasteiger partial charge on any atom is -0.497 e. The van der Waals surface area contributed by atoms with Gasteiger partial charge in [-0.2, -0.15) is 0 Å². The molecule has 2 aromatic carbocycles. The third-order valence-corrected chi connectivity index (χ3v) is 4.18. The molecule has 0 aliphatic carbocycles. The largest absolute Gasteiger partial charge is 0.497 e. The highest BCUT2D eigenvalue weighted by Gasteiger charge is 2.10. The number of benzene rings is 2. The zero-order valence-corrected chi connectivity index (χ0v) is 16.0. The van der Waals surface area contributed by atoms with Crippen LogP contribution in [0.1, 0.15) is 19.4 Å². The van der Waals surface area contributed by atoms with E-state index in [1.807, 2.05) is 38.1 Å². The van der Waals surface area contributed by atoms with Gasteiger partial charge in [0.15, 0.2) is 0 Å². The Balaban J connectivity index is 2.06. The Morgan fingerprint density at radius 3 is 2.14 bits per heavy atom. The van der Waals surface area contributed by atoms with Crippen molar-refractivity contribution in [2.75, 3.05) is 12.4 Å². The highest BCUT2D eigenvalue weighted by molar-refractivity contribution is 9.11. The number of rotatable bonds is 6. The van der Waals surface area contributed by atoms with Crippen LogP contribution in [-0.4, -0.2) is 13.2 Å². The molecule has 0 aromatic heterocycles. The SMILES string of the molecule is COc1ccc(NCc2cc(Br)c(OC(C)C)c(Br)c2)cc1. The van der Waals surface area contributed by atoms with Crippen molar-refractivity contribution < 1.29 is 9.47 Å². The fraction of sp³-hybridized carbons (Fsp3) is 0.294. The van der Waals surface area contributed by atoms with E-state index in [-0.39, 0.29) is 6.10 Å². The van der Waals surface area contributed by atoms with E-state index in [1.165, 1.54) is 0 Å². The molecule has 2 rings (SSSR count). The maximum absolute atomic E-state index is 5.79. The van der Waals surface area contributed by atoms with Crippen molar-refractivity contribution in [1.29, 1.82) is 0 Å². The van der Waals surface area contributed by atoms with Crippen molar-refractivity contribution in [3.63, 3.8) is 0 Å². The first-order valence-corrected chi connectivity index (χ1v) is 8.60. The molecule has 0 heterocycles. The van der Waals surface area contributed by atoms with Gasteiger partial charge in [0.2, 0.25) is 0 Å². The number of nitrogens with one attached hydrogen (secondary N) is 1. The fourth-order valence-electron chi connectivity index (χ4n) is 1.98. The predicted molar refractivity (Wildman–Crippen MR) is 97.9 cm³/mol. The summed E-state index contributed by atoms with van der Waals surface area (Å²) in [6, 6.07) is 12.0. The van der Waals surface area contributed by atoms with Crippen LogP contribution in [0.2, 0.25) is 0 Å². The van der Waals surface area contributed by atoms with Gasteiger partial charge in [0.25, 0.3) is 0 Å². The lowest BCUT2D eigenvalue weighted by Gasteiger charge is -2.15. The fourth-order valence-corrected chi connectivity index (χ4v) is 3.44. The molecule has 118 valence electrons. The number of hydrogen-bond acceptors (Lipinski definition) is 3. The molecule has 3 nitrogen and oxygen atoms in total. The van der Waals surface area contributed by atoms with Crippen molar-refractivity contribution in [3.05, 3.63) is 50.9 Å². The predicted octanol–water partition coefficient (Wildman–Crippen LogP) is 5.62. The van der Waals surface area contributed by atoms with Gasteiger partial charge in [-0.05, 0) is 87.7 Å². The summed E-state index contributed by atoms with van der Waals surface area (Å²) in [7, 11) is 1.66. The molecule has 0 bridgehead atoms. The van der Waals surface area contributed by atoms with Crippen molar-refractivity contribution in [1.82, 2.24) is 0 Å². The molecule has 5 heteroatoms. The number of ether oxygens (including phenoxy) is 2. The van der Waals surface area contributed by atoms with Crippen LogP contribution >= 0.6 is 31.9 Å². The van der Waals surface area contributed by atoms with Crippen LogP contribution in [0, 0.1) is 0 Å². The first-order chi connectivity index (χ1) is 10.5. The summed E-state index contributed by atoms with van der Waals surface area (Å²) in [6.45, 7) is 4.75. The average molecular weight is 429 g/mol. The molecule has 0 fully saturated rings. The van der Waals surface area contributed by atoms with Crippen LogP contribution in [0.3, 0.4) is 0 Å². The van der Waals surface area contributed by atoms with Crippen LogP contribution in [0.15, 0.2) is 45.3 Å². The van der Waals surface area contributed by atoms with Gasteiger partial charge in [0.05, 0.1) is 22.2 Å². The molecule has 0 radical (unpaired) electrons. The molecule has 0 unspecified atom stereocenters. The van der Waals surface area contributed by atoms with Gasteiger partial charge in [-0.3, -0.25) is 0 Å². The van der Waals surface area contributed by atoms with Crippen LogP contribution < -0.4 is 14.8 Å². The number of halogens is 2. The molecule has 0 aliphatic rings. The number of anilines is 1. The van der Waals surface area contributed by atoms with Crippen LogP contribution in [0.4, 0.5) is 5.69 Å². The molecule has 0 spiro atoms. The molecule has 1 N–H and O–H groups in total. The molecular formula is C17H19Br2NO2. The van der Waals surface area contributed by atoms with E-state index in [0.29, 0.717) is 0 Å². The van der Waals surface area contributed by atoms with Gasteiger partial charge in [-0.1, -0.05) is 0 Å². The molecule has 0 saturated carbocycles. The normalized spacial score (nSPS) is 10.6. The monoisotopic (exact) mass is 427 g/mol. The van der Waals surface area contributed by atoms with E-state index in [9.17, 15) is 0 Å². The van der Waals surface area contributed by atoms with Gasteiger partial charge in [-0.15, -0.1) is 0 Å². The molecule has 22 heavy (non-hydrogen) atoms. The summed E-state index contributed by atoms with van der Waals surface area (Å²) < 4.78 is 12.8. The van der Waals surface area contributed by atoms with Gasteiger partial charge < -0.3 is 14.8 Å². The molecule has 0 saturated heterocycles. The molecular weight excluding hydrogens is 410 g/mol. The quantitative estimate of drug-likeness (QED) is 0.647. The minimum absolute atomic E-state index is 0.135. The molecule has 0 atom stereocenters. The topological polar surface area (TPSA) is 30.5 Å². The number of methoxy groups -OCH3 is 1. The Kier molecular flexibility index (Phi) is 6.15. The second kappa shape index (κ2) is 7.88. The summed E-state index contributed by atoms with van der Waals surface area (Å²) in [4.78, 5) is 0. The first-order valence-electron chi connectivity index (χ1n) is 7.02. The van der Waals surface area contributed by atoms with Crippen molar-refractivity contribution in [3.8, 4) is 11.5 Å². The van der Waals surface area contributed by atoms with Crippen LogP contribution in [0.5, 0.6) is 11.5 Å². The van der Waals surface area contributed by atoms with E-state index in [0.717, 1.165) is 38.2 Å². The van der Waals surface area contributed by atoms with Gasteiger partial charge >= 0.3 is 0 Å². The summed E-state index contributed by atoms with van der Waals surface area (Å²) in [5, 5.41) is 3.39. The summed E-state index contributed by atoms with van der Waals surface area (Å²) >= 11 is 7.14. The maximum Gasteiger partial charge on any atom is 0.148 e. The maximum atomic E-state index is 5.79. The zero-order chi connectivity index (χ0) is 16.1. The van der Waals surface area contributed by atoms with E-state index in [1.54, 1.807) is 7.11 Å². The van der Waals surface area contributed by atoms with E-state index >= 15 is 0 Å². The molecule has 0 aliphatic heterocycles. The summed E-state index contributed by atoms with van der Waals surface area (Å²) in [5.41, 5.74) is 2.21. The van der Waals surface area contributed by atoms with Gasteiger partial charge in [0, 0.05) is 12.2 Å². The van der Waals surface area contributed by atoms with Crippen LogP contribution in [-0.2, 0) is 6.54 Å².